The maximum absolute atomic E-state index is 14.3. The summed E-state index contributed by atoms with van der Waals surface area (Å²) in [6, 6.07) is 4.09. The summed E-state index contributed by atoms with van der Waals surface area (Å²) in [7, 11) is 0. The molecule has 23 heavy (non-hydrogen) atoms. The first-order valence-corrected chi connectivity index (χ1v) is 7.04. The van der Waals surface area contributed by atoms with Gasteiger partial charge in [0, 0.05) is 25.9 Å². The van der Waals surface area contributed by atoms with Gasteiger partial charge in [-0.25, -0.2) is 14.2 Å². The van der Waals surface area contributed by atoms with Crippen LogP contribution >= 0.6 is 0 Å². The summed E-state index contributed by atoms with van der Waals surface area (Å²) in [6.45, 7) is 1.78. The van der Waals surface area contributed by atoms with Crippen molar-refractivity contribution in [1.29, 1.82) is 0 Å². The third-order valence-corrected chi connectivity index (χ3v) is 3.54. The van der Waals surface area contributed by atoms with Gasteiger partial charge in [0.2, 0.25) is 5.91 Å². The minimum atomic E-state index is -0.560. The number of aromatic nitrogens is 2. The Bertz CT molecular complexity index is 732. The van der Waals surface area contributed by atoms with Gasteiger partial charge in [-0.3, -0.25) is 9.69 Å². The van der Waals surface area contributed by atoms with Gasteiger partial charge in [-0.15, -0.1) is 0 Å². The van der Waals surface area contributed by atoms with E-state index < -0.39 is 11.9 Å². The maximum atomic E-state index is 14.3. The topological polar surface area (TPSA) is 76.5 Å². The Morgan fingerprint density at radius 2 is 2.35 bits per heavy atom. The fourth-order valence-corrected chi connectivity index (χ4v) is 2.45. The van der Waals surface area contributed by atoms with Crippen LogP contribution in [0.1, 0.15) is 6.92 Å². The lowest BCUT2D eigenvalue weighted by Crippen LogP contribution is -2.42. The predicted octanol–water partition coefficient (Wildman–Crippen LogP) is 1.47. The van der Waals surface area contributed by atoms with E-state index in [1.807, 2.05) is 0 Å². The zero-order chi connectivity index (χ0) is 16.4. The number of nitrogens with one attached hydrogen (secondary N) is 1. The number of anilines is 1. The number of cyclic esters (lactones) is 1. The van der Waals surface area contributed by atoms with E-state index >= 15 is 0 Å². The third-order valence-electron chi connectivity index (χ3n) is 3.54. The number of benzene rings is 1. The molecule has 3 rings (SSSR count). The molecule has 8 heteroatoms. The molecule has 7 nitrogen and oxygen atoms in total. The molecule has 0 spiro atoms. The van der Waals surface area contributed by atoms with Gasteiger partial charge in [-0.2, -0.15) is 0 Å². The van der Waals surface area contributed by atoms with E-state index in [9.17, 15) is 14.0 Å². The van der Waals surface area contributed by atoms with Gasteiger partial charge < -0.3 is 14.6 Å². The van der Waals surface area contributed by atoms with Crippen LogP contribution in [0.5, 0.6) is 0 Å². The maximum Gasteiger partial charge on any atom is 0.414 e. The van der Waals surface area contributed by atoms with Crippen molar-refractivity contribution in [2.45, 2.75) is 13.0 Å². The summed E-state index contributed by atoms with van der Waals surface area (Å²) >= 11 is 0. The van der Waals surface area contributed by atoms with Crippen molar-refractivity contribution < 1.29 is 18.7 Å². The molecule has 0 unspecified atom stereocenters. The lowest BCUT2D eigenvalue weighted by Gasteiger charge is -2.22. The number of ether oxygens (including phenoxy) is 1. The Balaban J connectivity index is 1.86. The number of halogens is 1. The second-order valence-corrected chi connectivity index (χ2v) is 5.14. The molecule has 1 saturated heterocycles. The van der Waals surface area contributed by atoms with Gasteiger partial charge in [-0.05, 0) is 18.2 Å². The van der Waals surface area contributed by atoms with E-state index in [1.165, 1.54) is 28.8 Å². The summed E-state index contributed by atoms with van der Waals surface area (Å²) in [5, 5.41) is 2.64. The number of rotatable bonds is 4. The minimum absolute atomic E-state index is 0.143. The molecule has 1 aliphatic rings. The first-order chi connectivity index (χ1) is 11.1. The minimum Gasteiger partial charge on any atom is -0.447 e. The van der Waals surface area contributed by atoms with Gasteiger partial charge >= 0.3 is 6.09 Å². The summed E-state index contributed by atoms with van der Waals surface area (Å²) in [4.78, 5) is 28.2. The van der Waals surface area contributed by atoms with Crippen LogP contribution in [0.3, 0.4) is 0 Å². The number of carbonyl (C=O) groups is 2. The van der Waals surface area contributed by atoms with E-state index in [4.69, 9.17) is 4.74 Å². The van der Waals surface area contributed by atoms with Crippen molar-refractivity contribution in [3.05, 3.63) is 42.7 Å². The first kappa shape index (κ1) is 15.0. The number of amides is 2. The van der Waals surface area contributed by atoms with Crippen molar-refractivity contribution in [2.75, 3.05) is 18.1 Å². The highest BCUT2D eigenvalue weighted by Crippen LogP contribution is 2.26. The molecule has 2 aromatic rings. The SMILES string of the molecule is CC(=O)NC[C@H]1COC(=O)N1c1ccc(-n2ccnc2)c(F)c1. The average molecular weight is 318 g/mol. The molecule has 1 aromatic heterocycles. The lowest BCUT2D eigenvalue weighted by atomic mass is 10.2. The monoisotopic (exact) mass is 318 g/mol. The van der Waals surface area contributed by atoms with E-state index in [2.05, 4.69) is 10.3 Å². The number of carbonyl (C=O) groups excluding carboxylic acids is 2. The van der Waals surface area contributed by atoms with Crippen LogP contribution in [-0.2, 0) is 9.53 Å². The smallest absolute Gasteiger partial charge is 0.414 e. The van der Waals surface area contributed by atoms with E-state index in [0.717, 1.165) is 0 Å². The lowest BCUT2D eigenvalue weighted by molar-refractivity contribution is -0.119. The normalized spacial score (nSPS) is 17.2. The summed E-state index contributed by atoms with van der Waals surface area (Å²) in [6.07, 6.45) is 4.10. The van der Waals surface area contributed by atoms with Crippen LogP contribution in [0.15, 0.2) is 36.9 Å². The van der Waals surface area contributed by atoms with Crippen LogP contribution in [0.2, 0.25) is 0 Å². The zero-order valence-corrected chi connectivity index (χ0v) is 12.4. The van der Waals surface area contributed by atoms with Crippen molar-refractivity contribution in [2.24, 2.45) is 0 Å². The number of hydrogen-bond acceptors (Lipinski definition) is 4. The quantitative estimate of drug-likeness (QED) is 0.926. The number of nitrogens with zero attached hydrogens (tertiary/aromatic N) is 3. The molecule has 1 fully saturated rings. The Kier molecular flexibility index (Phi) is 3.96. The highest BCUT2D eigenvalue weighted by atomic mass is 19.1. The van der Waals surface area contributed by atoms with Crippen LogP contribution in [0.4, 0.5) is 14.9 Å². The Morgan fingerprint density at radius 1 is 1.52 bits per heavy atom. The van der Waals surface area contributed by atoms with Gasteiger partial charge in [-0.1, -0.05) is 0 Å². The van der Waals surface area contributed by atoms with Gasteiger partial charge in [0.15, 0.2) is 0 Å². The average Bonchev–Trinajstić information content (AvgIpc) is 3.14. The molecule has 1 aliphatic heterocycles. The molecule has 0 radical (unpaired) electrons. The summed E-state index contributed by atoms with van der Waals surface area (Å²) in [5.41, 5.74) is 0.710. The van der Waals surface area contributed by atoms with E-state index in [0.29, 0.717) is 11.4 Å². The molecule has 1 aromatic carbocycles. The van der Waals surface area contributed by atoms with E-state index in [-0.39, 0.29) is 25.1 Å². The number of hydrogen-bond donors (Lipinski definition) is 1. The predicted molar refractivity (Wildman–Crippen MR) is 79.8 cm³/mol. The van der Waals surface area contributed by atoms with Gasteiger partial charge in [0.1, 0.15) is 12.4 Å². The van der Waals surface area contributed by atoms with Crippen molar-refractivity contribution >= 4 is 17.7 Å². The third kappa shape index (κ3) is 3.01. The Labute approximate surface area is 131 Å². The van der Waals surface area contributed by atoms with Crippen molar-refractivity contribution in [3.8, 4) is 5.69 Å². The Hall–Kier alpha value is -2.90. The van der Waals surface area contributed by atoms with Crippen LogP contribution in [0.25, 0.3) is 5.69 Å². The van der Waals surface area contributed by atoms with Gasteiger partial charge in [0.05, 0.1) is 23.7 Å². The molecule has 0 saturated carbocycles. The molecule has 2 heterocycles. The second-order valence-electron chi connectivity index (χ2n) is 5.14. The fourth-order valence-electron chi connectivity index (χ4n) is 2.45. The molecular weight excluding hydrogens is 303 g/mol. The molecule has 120 valence electrons. The largest absolute Gasteiger partial charge is 0.447 e. The molecule has 2 amide bonds. The second kappa shape index (κ2) is 6.07. The first-order valence-electron chi connectivity index (χ1n) is 7.04. The highest BCUT2D eigenvalue weighted by Gasteiger charge is 2.34. The van der Waals surface area contributed by atoms with Crippen LogP contribution in [0, 0.1) is 5.82 Å². The van der Waals surface area contributed by atoms with Crippen LogP contribution < -0.4 is 10.2 Å². The zero-order valence-electron chi connectivity index (χ0n) is 12.4. The molecule has 0 bridgehead atoms. The van der Waals surface area contributed by atoms with Crippen LogP contribution in [-0.4, -0.2) is 40.7 Å². The molecule has 1 N–H and O–H groups in total. The fraction of sp³-hybridized carbons (Fsp3) is 0.267. The Morgan fingerprint density at radius 3 is 3.00 bits per heavy atom. The highest BCUT2D eigenvalue weighted by molar-refractivity contribution is 5.90. The van der Waals surface area contributed by atoms with E-state index in [1.54, 1.807) is 24.5 Å². The summed E-state index contributed by atoms with van der Waals surface area (Å²) in [5.74, 6) is -0.690. The molecular formula is C15H15FN4O3. The molecule has 0 aliphatic carbocycles. The molecule has 1 atom stereocenters. The van der Waals surface area contributed by atoms with Crippen molar-refractivity contribution in [3.63, 3.8) is 0 Å². The van der Waals surface area contributed by atoms with Gasteiger partial charge in [0.25, 0.3) is 0 Å². The number of imidazole rings is 1. The standard InChI is InChI=1S/C15H15FN4O3/c1-10(21)18-7-12-8-23-15(22)20(12)11-2-3-14(13(16)6-11)19-5-4-17-9-19/h2-6,9,12H,7-8H2,1H3,(H,18,21)/t12-/m0/s1. The summed E-state index contributed by atoms with van der Waals surface area (Å²) < 4.78 is 20.9. The van der Waals surface area contributed by atoms with Crippen molar-refractivity contribution in [1.82, 2.24) is 14.9 Å².